The summed E-state index contributed by atoms with van der Waals surface area (Å²) in [5.41, 5.74) is -0.789. The molecule has 0 radical (unpaired) electrons. The van der Waals surface area contributed by atoms with Crippen LogP contribution >= 0.6 is 11.5 Å². The van der Waals surface area contributed by atoms with Crippen molar-refractivity contribution in [2.45, 2.75) is 5.72 Å². The van der Waals surface area contributed by atoms with E-state index < -0.39 is 5.72 Å². The normalized spacial score (nSPS) is 19.8. The first kappa shape index (κ1) is 13.9. The number of ether oxygens (including phenoxy) is 1. The third-order valence-corrected chi connectivity index (χ3v) is 4.14. The highest BCUT2D eigenvalue weighted by molar-refractivity contribution is 7.03. The SMILES string of the molecule is c1cc(C2=NN(c3ccsn3)C(c3ncon3)(c3ncc[nH]3)O2)[nH]n1. The second-order valence-corrected chi connectivity index (χ2v) is 5.65. The molecule has 0 spiro atoms. The molecule has 0 fully saturated rings. The van der Waals surface area contributed by atoms with Crippen molar-refractivity contribution >= 4 is 23.2 Å². The maximum atomic E-state index is 6.21. The van der Waals surface area contributed by atoms with Gasteiger partial charge < -0.3 is 14.2 Å². The quantitative estimate of drug-likeness (QED) is 0.555. The van der Waals surface area contributed by atoms with E-state index >= 15 is 0 Å². The maximum Gasteiger partial charge on any atom is 0.328 e. The second kappa shape index (κ2) is 5.24. The lowest BCUT2D eigenvalue weighted by atomic mass is 10.1. The molecule has 0 saturated carbocycles. The van der Waals surface area contributed by atoms with E-state index in [9.17, 15) is 0 Å². The molecular weight excluding hydrogens is 346 g/mol. The summed E-state index contributed by atoms with van der Waals surface area (Å²) in [6.45, 7) is 0. The summed E-state index contributed by atoms with van der Waals surface area (Å²) in [6, 6.07) is 3.55. The standard InChI is InChI=1S/C13H9N9O2S/c1-3-17-18-8(1)10-19-22(9-2-6-25-21-9)13(24-10,11-14-4-5-15-11)12-16-7-23-20-12/h1-7H,(H,14,15)(H,17,18). The van der Waals surface area contributed by atoms with Gasteiger partial charge in [0.25, 0.3) is 5.90 Å². The Morgan fingerprint density at radius 3 is 2.88 bits per heavy atom. The van der Waals surface area contributed by atoms with Gasteiger partial charge in [0, 0.05) is 24.0 Å². The third-order valence-electron chi connectivity index (χ3n) is 3.59. The Hall–Kier alpha value is -3.54. The van der Waals surface area contributed by atoms with E-state index in [2.05, 4.69) is 39.8 Å². The molecule has 1 atom stereocenters. The number of anilines is 1. The molecule has 0 saturated heterocycles. The van der Waals surface area contributed by atoms with Crippen LogP contribution in [0.2, 0.25) is 0 Å². The number of hydrazone groups is 1. The van der Waals surface area contributed by atoms with Gasteiger partial charge in [-0.15, -0.1) is 5.10 Å². The van der Waals surface area contributed by atoms with E-state index in [1.165, 1.54) is 17.9 Å². The first-order chi connectivity index (χ1) is 12.4. The van der Waals surface area contributed by atoms with Gasteiger partial charge in [0.2, 0.25) is 12.2 Å². The predicted molar refractivity (Wildman–Crippen MR) is 84.5 cm³/mol. The van der Waals surface area contributed by atoms with Gasteiger partial charge in [0.1, 0.15) is 5.69 Å². The van der Waals surface area contributed by atoms with Crippen LogP contribution in [0.25, 0.3) is 0 Å². The van der Waals surface area contributed by atoms with Crippen LogP contribution < -0.4 is 5.01 Å². The van der Waals surface area contributed by atoms with Crippen LogP contribution in [0.5, 0.6) is 0 Å². The highest BCUT2D eigenvalue weighted by atomic mass is 32.1. The zero-order valence-electron chi connectivity index (χ0n) is 12.4. The monoisotopic (exact) mass is 355 g/mol. The van der Waals surface area contributed by atoms with Crippen molar-refractivity contribution in [3.05, 3.63) is 59.8 Å². The van der Waals surface area contributed by atoms with Crippen LogP contribution in [-0.4, -0.2) is 40.6 Å². The van der Waals surface area contributed by atoms with E-state index in [0.717, 1.165) is 0 Å². The summed E-state index contributed by atoms with van der Waals surface area (Å²) >= 11 is 1.29. The molecule has 0 bridgehead atoms. The van der Waals surface area contributed by atoms with Crippen molar-refractivity contribution in [1.29, 1.82) is 0 Å². The Bertz CT molecular complexity index is 943. The molecule has 11 nitrogen and oxygen atoms in total. The minimum Gasteiger partial charge on any atom is -0.431 e. The van der Waals surface area contributed by atoms with Crippen LogP contribution in [0.15, 0.2) is 52.1 Å². The summed E-state index contributed by atoms with van der Waals surface area (Å²) in [7, 11) is 0. The van der Waals surface area contributed by atoms with Gasteiger partial charge in [-0.25, -0.2) is 4.98 Å². The third kappa shape index (κ3) is 1.97. The molecule has 5 heterocycles. The predicted octanol–water partition coefficient (Wildman–Crippen LogP) is 1.07. The van der Waals surface area contributed by atoms with Crippen molar-refractivity contribution in [1.82, 2.24) is 34.7 Å². The molecule has 0 aliphatic carbocycles. The topological polar surface area (TPSA) is 134 Å². The summed E-state index contributed by atoms with van der Waals surface area (Å²) in [6.07, 6.45) is 6.11. The zero-order chi connectivity index (χ0) is 16.7. The van der Waals surface area contributed by atoms with Gasteiger partial charge in [-0.1, -0.05) is 5.16 Å². The lowest BCUT2D eigenvalue weighted by Crippen LogP contribution is -2.45. The van der Waals surface area contributed by atoms with Gasteiger partial charge >= 0.3 is 5.72 Å². The number of rotatable bonds is 4. The number of nitrogens with one attached hydrogen (secondary N) is 2. The molecule has 124 valence electrons. The number of imidazole rings is 1. The Balaban J connectivity index is 1.74. The highest BCUT2D eigenvalue weighted by Gasteiger charge is 2.56. The maximum absolute atomic E-state index is 6.21. The molecule has 2 N–H and O–H groups in total. The van der Waals surface area contributed by atoms with Crippen molar-refractivity contribution in [2.24, 2.45) is 5.10 Å². The molecule has 5 rings (SSSR count). The van der Waals surface area contributed by atoms with Crippen LogP contribution in [-0.2, 0) is 10.5 Å². The van der Waals surface area contributed by atoms with Crippen LogP contribution in [0.4, 0.5) is 5.82 Å². The average Bonchev–Trinajstić information content (AvgIpc) is 3.49. The molecule has 1 aliphatic heterocycles. The van der Waals surface area contributed by atoms with E-state index in [1.54, 1.807) is 29.7 Å². The number of aromatic nitrogens is 7. The second-order valence-electron chi connectivity index (χ2n) is 4.98. The number of H-pyrrole nitrogens is 2. The number of aromatic amines is 2. The van der Waals surface area contributed by atoms with Crippen molar-refractivity contribution in [3.63, 3.8) is 0 Å². The minimum atomic E-state index is -1.38. The van der Waals surface area contributed by atoms with E-state index in [0.29, 0.717) is 23.2 Å². The van der Waals surface area contributed by atoms with Crippen molar-refractivity contribution < 1.29 is 9.26 Å². The van der Waals surface area contributed by atoms with Gasteiger partial charge in [0.05, 0.1) is 0 Å². The first-order valence-corrected chi connectivity index (χ1v) is 7.96. The molecule has 0 amide bonds. The molecule has 1 unspecified atom stereocenters. The fourth-order valence-electron chi connectivity index (χ4n) is 2.54. The Morgan fingerprint density at radius 2 is 2.20 bits per heavy atom. The average molecular weight is 355 g/mol. The lowest BCUT2D eigenvalue weighted by Gasteiger charge is -2.29. The highest BCUT2D eigenvalue weighted by Crippen LogP contribution is 2.41. The summed E-state index contributed by atoms with van der Waals surface area (Å²) in [4.78, 5) is 11.6. The van der Waals surface area contributed by atoms with Crippen molar-refractivity contribution in [3.8, 4) is 0 Å². The largest absolute Gasteiger partial charge is 0.431 e. The molecule has 25 heavy (non-hydrogen) atoms. The summed E-state index contributed by atoms with van der Waals surface area (Å²) in [5, 5.41) is 18.7. The van der Waals surface area contributed by atoms with Crippen molar-refractivity contribution in [2.75, 3.05) is 5.01 Å². The molecule has 4 aromatic rings. The lowest BCUT2D eigenvalue weighted by molar-refractivity contribution is 0.0962. The van der Waals surface area contributed by atoms with E-state index in [-0.39, 0.29) is 5.82 Å². The fourth-order valence-corrected chi connectivity index (χ4v) is 3.03. The van der Waals surface area contributed by atoms with Gasteiger partial charge in [-0.3, -0.25) is 5.10 Å². The van der Waals surface area contributed by atoms with E-state index in [4.69, 9.17) is 9.26 Å². The minimum absolute atomic E-state index is 0.230. The van der Waals surface area contributed by atoms with Crippen LogP contribution in [0.3, 0.4) is 0 Å². The fraction of sp³-hybridized carbons (Fsp3) is 0.0769. The van der Waals surface area contributed by atoms with Gasteiger partial charge in [-0.05, 0) is 23.7 Å². The van der Waals surface area contributed by atoms with Crippen LogP contribution in [0, 0.1) is 0 Å². The van der Waals surface area contributed by atoms with Crippen LogP contribution in [0.1, 0.15) is 17.3 Å². The first-order valence-electron chi connectivity index (χ1n) is 7.12. The smallest absolute Gasteiger partial charge is 0.328 e. The Kier molecular flexibility index (Phi) is 2.90. The molecular formula is C13H9N9O2S. The Labute approximate surface area is 143 Å². The van der Waals surface area contributed by atoms with Gasteiger partial charge in [0.15, 0.2) is 11.6 Å². The molecule has 0 aromatic carbocycles. The van der Waals surface area contributed by atoms with E-state index in [1.807, 2.05) is 11.4 Å². The zero-order valence-corrected chi connectivity index (χ0v) is 13.2. The molecule has 1 aliphatic rings. The summed E-state index contributed by atoms with van der Waals surface area (Å²) < 4.78 is 15.5. The summed E-state index contributed by atoms with van der Waals surface area (Å²) in [5.74, 6) is 1.52. The molecule has 12 heteroatoms. The Morgan fingerprint density at radius 1 is 1.20 bits per heavy atom. The van der Waals surface area contributed by atoms with Gasteiger partial charge in [-0.2, -0.15) is 19.5 Å². The number of hydrogen-bond donors (Lipinski definition) is 2. The molecule has 4 aromatic heterocycles. The number of nitrogens with zero attached hydrogens (tertiary/aromatic N) is 7. The number of hydrogen-bond acceptors (Lipinski definition) is 10.